The molecule has 60 heavy (non-hydrogen) atoms. The highest BCUT2D eigenvalue weighted by molar-refractivity contribution is 5.77. The van der Waals surface area contributed by atoms with Crippen LogP contribution in [-0.2, 0) is 14.3 Å². The molecule has 0 aromatic rings. The molecule has 0 aromatic carbocycles. The summed E-state index contributed by atoms with van der Waals surface area (Å²) in [6.45, 7) is 6.45. The first-order valence-electron chi connectivity index (χ1n) is 26.6. The highest BCUT2D eigenvalue weighted by Gasteiger charge is 2.24. The largest absolute Gasteiger partial charge is 0.462 e. The Bertz CT molecular complexity index is 950. The summed E-state index contributed by atoms with van der Waals surface area (Å²) >= 11 is 0. The maximum absolute atomic E-state index is 13.2. The van der Waals surface area contributed by atoms with Gasteiger partial charge in [0.05, 0.1) is 25.2 Å². The number of amides is 1. The molecule has 3 N–H and O–H groups in total. The van der Waals surface area contributed by atoms with Crippen LogP contribution in [0.25, 0.3) is 0 Å². The van der Waals surface area contributed by atoms with Crippen LogP contribution in [-0.4, -0.2) is 46.9 Å². The van der Waals surface area contributed by atoms with Crippen LogP contribution in [0, 0.1) is 0 Å². The van der Waals surface area contributed by atoms with E-state index in [0.29, 0.717) is 19.3 Å². The maximum Gasteiger partial charge on any atom is 0.306 e. The topological polar surface area (TPSA) is 95.9 Å². The molecule has 354 valence electrons. The number of rotatable bonds is 48. The van der Waals surface area contributed by atoms with Gasteiger partial charge in [-0.25, -0.2) is 0 Å². The minimum atomic E-state index is -0.788. The summed E-state index contributed by atoms with van der Waals surface area (Å²) in [4.78, 5) is 26.1. The van der Waals surface area contributed by atoms with E-state index in [0.717, 1.165) is 64.2 Å². The Morgan fingerprint density at radius 1 is 0.467 bits per heavy atom. The number of nitrogens with one attached hydrogen (secondary N) is 1. The smallest absolute Gasteiger partial charge is 0.306 e. The molecular weight excluding hydrogens is 743 g/mol. The highest BCUT2D eigenvalue weighted by Crippen LogP contribution is 2.18. The number of hydrogen-bond donors (Lipinski definition) is 3. The molecule has 0 saturated heterocycles. The zero-order valence-electron chi connectivity index (χ0n) is 40.4. The van der Waals surface area contributed by atoms with Gasteiger partial charge in [0.25, 0.3) is 0 Å². The summed E-state index contributed by atoms with van der Waals surface area (Å²) in [6, 6.07) is -0.702. The van der Waals surface area contributed by atoms with Gasteiger partial charge in [0, 0.05) is 6.42 Å². The van der Waals surface area contributed by atoms with Gasteiger partial charge in [0.2, 0.25) is 5.91 Å². The highest BCUT2D eigenvalue weighted by atomic mass is 16.5. The third-order valence-electron chi connectivity index (χ3n) is 12.3. The van der Waals surface area contributed by atoms with Crippen LogP contribution in [0.2, 0.25) is 0 Å². The van der Waals surface area contributed by atoms with Crippen LogP contribution in [0.3, 0.4) is 0 Å². The van der Waals surface area contributed by atoms with E-state index >= 15 is 0 Å². The monoisotopic (exact) mass is 846 g/mol. The van der Waals surface area contributed by atoms with Crippen molar-refractivity contribution in [2.45, 2.75) is 302 Å². The van der Waals surface area contributed by atoms with Crippen LogP contribution < -0.4 is 5.32 Å². The number of hydrogen-bond acceptors (Lipinski definition) is 5. The van der Waals surface area contributed by atoms with Crippen LogP contribution in [0.4, 0.5) is 0 Å². The summed E-state index contributed by atoms with van der Waals surface area (Å²) in [6.07, 6.45) is 55.3. The van der Waals surface area contributed by atoms with Gasteiger partial charge in [-0.05, 0) is 70.6 Å². The molecule has 3 unspecified atom stereocenters. The summed E-state index contributed by atoms with van der Waals surface area (Å²) in [5, 5.41) is 23.8. The van der Waals surface area contributed by atoms with Crippen molar-refractivity contribution in [2.24, 2.45) is 0 Å². The lowest BCUT2D eigenvalue weighted by Crippen LogP contribution is -2.46. The van der Waals surface area contributed by atoms with E-state index in [1.807, 2.05) is 0 Å². The second-order valence-corrected chi connectivity index (χ2v) is 18.3. The minimum absolute atomic E-state index is 0.0685. The molecule has 0 heterocycles. The standard InChI is InChI=1S/C54H103NO5/c1-4-7-10-13-16-19-21-23-25-26-28-30-32-35-38-41-44-47-54(59)60-50(45-42-39-36-33-18-15-12-9-6-3)48-53(58)55-51(49-56)52(57)46-43-40-37-34-31-29-27-24-22-20-17-14-11-8-5-2/h15,18,23,25,50-52,56-57H,4-14,16-17,19-22,24,26-49H2,1-3H3,(H,55,58)/b18-15-,25-23+. The van der Waals surface area contributed by atoms with Crippen LogP contribution in [0.15, 0.2) is 24.3 Å². The van der Waals surface area contributed by atoms with Crippen molar-refractivity contribution in [1.82, 2.24) is 5.32 Å². The van der Waals surface area contributed by atoms with Gasteiger partial charge in [-0.1, -0.05) is 225 Å². The van der Waals surface area contributed by atoms with Crippen molar-refractivity contribution in [3.05, 3.63) is 24.3 Å². The fraction of sp³-hybridized carbons (Fsp3) is 0.889. The Labute approximate surface area is 373 Å². The lowest BCUT2D eigenvalue weighted by atomic mass is 10.0. The first kappa shape index (κ1) is 58.3. The molecule has 1 amide bonds. The number of ether oxygens (including phenoxy) is 1. The van der Waals surface area contributed by atoms with Crippen LogP contribution >= 0.6 is 0 Å². The van der Waals surface area contributed by atoms with Gasteiger partial charge in [0.1, 0.15) is 6.10 Å². The molecule has 0 radical (unpaired) electrons. The molecule has 0 aromatic heterocycles. The predicted molar refractivity (Wildman–Crippen MR) is 260 cm³/mol. The third-order valence-corrected chi connectivity index (χ3v) is 12.3. The number of carbonyl (C=O) groups excluding carboxylic acids is 2. The molecule has 6 nitrogen and oxygen atoms in total. The number of aliphatic hydroxyl groups is 2. The van der Waals surface area contributed by atoms with E-state index in [1.54, 1.807) is 0 Å². The lowest BCUT2D eigenvalue weighted by molar-refractivity contribution is -0.151. The molecule has 0 spiro atoms. The number of unbranched alkanes of at least 4 members (excludes halogenated alkanes) is 32. The molecule has 3 atom stereocenters. The summed E-state index contributed by atoms with van der Waals surface area (Å²) in [5.41, 5.74) is 0. The summed E-state index contributed by atoms with van der Waals surface area (Å²) < 4.78 is 5.91. The van der Waals surface area contributed by atoms with E-state index in [4.69, 9.17) is 4.74 Å². The van der Waals surface area contributed by atoms with Crippen molar-refractivity contribution in [3.8, 4) is 0 Å². The number of allylic oxidation sites excluding steroid dienone is 4. The van der Waals surface area contributed by atoms with Crippen LogP contribution in [0.5, 0.6) is 0 Å². The van der Waals surface area contributed by atoms with E-state index in [-0.39, 0.29) is 24.9 Å². The molecular formula is C54H103NO5. The molecule has 0 aliphatic carbocycles. The van der Waals surface area contributed by atoms with Gasteiger partial charge in [-0.2, -0.15) is 0 Å². The maximum atomic E-state index is 13.2. The Hall–Kier alpha value is -1.66. The van der Waals surface area contributed by atoms with Crippen molar-refractivity contribution in [3.63, 3.8) is 0 Å². The minimum Gasteiger partial charge on any atom is -0.462 e. The van der Waals surface area contributed by atoms with Crippen molar-refractivity contribution in [1.29, 1.82) is 0 Å². The Balaban J connectivity index is 4.42. The Kier molecular flexibility index (Phi) is 47.0. The van der Waals surface area contributed by atoms with Gasteiger partial charge in [0.15, 0.2) is 0 Å². The van der Waals surface area contributed by atoms with Crippen molar-refractivity contribution in [2.75, 3.05) is 6.61 Å². The SMILES string of the molecule is CCCC/C=C\CCCCCC(CC(=O)NC(CO)C(O)CCCCCCCCCCCCCCCCC)OC(=O)CCCCCCCCC/C=C/CCCCCCCC. The fourth-order valence-electron chi connectivity index (χ4n) is 8.17. The van der Waals surface area contributed by atoms with Gasteiger partial charge >= 0.3 is 5.97 Å². The first-order valence-corrected chi connectivity index (χ1v) is 26.6. The lowest BCUT2D eigenvalue weighted by Gasteiger charge is -2.24. The van der Waals surface area contributed by atoms with Crippen molar-refractivity contribution >= 4 is 11.9 Å². The van der Waals surface area contributed by atoms with Crippen molar-refractivity contribution < 1.29 is 24.5 Å². The summed E-state index contributed by atoms with van der Waals surface area (Å²) in [5.74, 6) is -0.485. The third kappa shape index (κ3) is 43.0. The van der Waals surface area contributed by atoms with E-state index in [9.17, 15) is 19.8 Å². The van der Waals surface area contributed by atoms with E-state index in [2.05, 4.69) is 50.4 Å². The predicted octanol–water partition coefficient (Wildman–Crippen LogP) is 15.9. The Morgan fingerprint density at radius 2 is 0.817 bits per heavy atom. The number of aliphatic hydroxyl groups excluding tert-OH is 2. The fourth-order valence-corrected chi connectivity index (χ4v) is 8.17. The van der Waals surface area contributed by atoms with Gasteiger partial charge in [-0.3, -0.25) is 9.59 Å². The zero-order valence-corrected chi connectivity index (χ0v) is 40.4. The first-order chi connectivity index (χ1) is 29.5. The molecule has 0 rings (SSSR count). The normalized spacial score (nSPS) is 13.3. The molecule has 0 fully saturated rings. The summed E-state index contributed by atoms with van der Waals surface area (Å²) in [7, 11) is 0. The van der Waals surface area contributed by atoms with Gasteiger partial charge in [-0.15, -0.1) is 0 Å². The average molecular weight is 846 g/mol. The number of carbonyl (C=O) groups is 2. The van der Waals surface area contributed by atoms with E-state index in [1.165, 1.54) is 173 Å². The quantitative estimate of drug-likeness (QED) is 0.0322. The van der Waals surface area contributed by atoms with E-state index < -0.39 is 18.2 Å². The average Bonchev–Trinajstić information content (AvgIpc) is 3.24. The second kappa shape index (κ2) is 48.4. The van der Waals surface area contributed by atoms with Crippen LogP contribution in [0.1, 0.15) is 284 Å². The zero-order chi connectivity index (χ0) is 43.8. The molecule has 0 saturated carbocycles. The molecule has 6 heteroatoms. The second-order valence-electron chi connectivity index (χ2n) is 18.3. The Morgan fingerprint density at radius 3 is 1.25 bits per heavy atom. The molecule has 0 aliphatic rings. The number of esters is 1. The molecule has 0 aliphatic heterocycles. The molecule has 0 bridgehead atoms. The van der Waals surface area contributed by atoms with Gasteiger partial charge < -0.3 is 20.3 Å².